The molecule has 1 heterocycles. The number of nitrogens with one attached hydrogen (secondary N) is 1. The molecule has 0 saturated carbocycles. The van der Waals surface area contributed by atoms with E-state index >= 15 is 0 Å². The van der Waals surface area contributed by atoms with E-state index in [0.29, 0.717) is 6.04 Å². The van der Waals surface area contributed by atoms with Crippen LogP contribution in [0.2, 0.25) is 0 Å². The van der Waals surface area contributed by atoms with Crippen LogP contribution in [0.5, 0.6) is 0 Å². The van der Waals surface area contributed by atoms with Gasteiger partial charge < -0.3 is 10.2 Å². The van der Waals surface area contributed by atoms with E-state index in [0.717, 1.165) is 29.1 Å². The Hall–Kier alpha value is -1.39. The van der Waals surface area contributed by atoms with Gasteiger partial charge in [0.1, 0.15) is 5.82 Å². The molecule has 112 valence electrons. The second-order valence-corrected chi connectivity index (χ2v) is 6.32. The van der Waals surface area contributed by atoms with Crippen LogP contribution in [0.25, 0.3) is 0 Å². The molecule has 0 radical (unpaired) electrons. The van der Waals surface area contributed by atoms with Gasteiger partial charge in [-0.1, -0.05) is 54.0 Å². The van der Waals surface area contributed by atoms with Gasteiger partial charge in [0, 0.05) is 30.7 Å². The van der Waals surface area contributed by atoms with E-state index in [1.165, 1.54) is 5.56 Å². The summed E-state index contributed by atoms with van der Waals surface area (Å²) >= 11 is 3.60. The van der Waals surface area contributed by atoms with Gasteiger partial charge in [0.25, 0.3) is 0 Å². The minimum absolute atomic E-state index is 0.466. The van der Waals surface area contributed by atoms with Gasteiger partial charge >= 0.3 is 0 Å². The lowest BCUT2D eigenvalue weighted by Crippen LogP contribution is -2.23. The number of hydrogen-bond acceptors (Lipinski definition) is 3. The molecule has 4 heteroatoms. The van der Waals surface area contributed by atoms with Crippen LogP contribution in [0, 0.1) is 0 Å². The van der Waals surface area contributed by atoms with Crippen molar-refractivity contribution in [2.75, 3.05) is 11.9 Å². The van der Waals surface area contributed by atoms with E-state index in [9.17, 15) is 0 Å². The zero-order valence-electron chi connectivity index (χ0n) is 12.8. The van der Waals surface area contributed by atoms with Crippen molar-refractivity contribution in [2.45, 2.75) is 33.0 Å². The third-order valence-corrected chi connectivity index (χ3v) is 4.01. The van der Waals surface area contributed by atoms with Crippen molar-refractivity contribution < 1.29 is 0 Å². The highest BCUT2D eigenvalue weighted by Gasteiger charge is 2.07. The average molecular weight is 348 g/mol. The first-order valence-corrected chi connectivity index (χ1v) is 7.99. The number of benzene rings is 1. The summed E-state index contributed by atoms with van der Waals surface area (Å²) in [5.41, 5.74) is 2.33. The Morgan fingerprint density at radius 1 is 1.14 bits per heavy atom. The smallest absolute Gasteiger partial charge is 0.128 e. The maximum absolute atomic E-state index is 4.72. The molecule has 0 atom stereocenters. The Morgan fingerprint density at radius 3 is 2.62 bits per heavy atom. The molecule has 0 aliphatic heterocycles. The second-order valence-electron chi connectivity index (χ2n) is 5.47. The van der Waals surface area contributed by atoms with Crippen molar-refractivity contribution in [1.82, 2.24) is 10.3 Å². The Labute approximate surface area is 135 Å². The fourth-order valence-corrected chi connectivity index (χ4v) is 2.46. The van der Waals surface area contributed by atoms with Crippen molar-refractivity contribution in [3.8, 4) is 0 Å². The van der Waals surface area contributed by atoms with E-state index in [4.69, 9.17) is 4.98 Å². The number of aromatic nitrogens is 1. The number of pyridine rings is 1. The quantitative estimate of drug-likeness (QED) is 0.856. The summed E-state index contributed by atoms with van der Waals surface area (Å²) < 4.78 is 1.13. The van der Waals surface area contributed by atoms with E-state index in [1.807, 2.05) is 6.07 Å². The first kappa shape index (κ1) is 16.0. The van der Waals surface area contributed by atoms with Crippen molar-refractivity contribution in [3.63, 3.8) is 0 Å². The minimum atomic E-state index is 0.466. The Balaban J connectivity index is 2.07. The van der Waals surface area contributed by atoms with Crippen LogP contribution < -0.4 is 10.2 Å². The van der Waals surface area contributed by atoms with Crippen LogP contribution in [-0.2, 0) is 13.1 Å². The largest absolute Gasteiger partial charge is 0.355 e. The summed E-state index contributed by atoms with van der Waals surface area (Å²) in [6.07, 6.45) is 0. The van der Waals surface area contributed by atoms with Gasteiger partial charge in [-0.2, -0.15) is 0 Å². The molecule has 0 amide bonds. The summed E-state index contributed by atoms with van der Waals surface area (Å²) in [6, 6.07) is 14.9. The summed E-state index contributed by atoms with van der Waals surface area (Å²) in [7, 11) is 2.07. The van der Waals surface area contributed by atoms with Crippen molar-refractivity contribution in [2.24, 2.45) is 0 Å². The first-order valence-electron chi connectivity index (χ1n) is 7.20. The van der Waals surface area contributed by atoms with Gasteiger partial charge in [-0.05, 0) is 23.8 Å². The van der Waals surface area contributed by atoms with E-state index < -0.39 is 0 Å². The van der Waals surface area contributed by atoms with Gasteiger partial charge in [-0.3, -0.25) is 0 Å². The highest BCUT2D eigenvalue weighted by Crippen LogP contribution is 2.20. The van der Waals surface area contributed by atoms with Crippen LogP contribution >= 0.6 is 15.9 Å². The summed E-state index contributed by atoms with van der Waals surface area (Å²) in [5.74, 6) is 0.994. The molecule has 0 aliphatic rings. The SMILES string of the molecule is CC(C)NCc1cccc(N(C)Cc2ccccc2Br)n1. The number of hydrogen-bond donors (Lipinski definition) is 1. The fourth-order valence-electron chi connectivity index (χ4n) is 2.05. The number of halogens is 1. The Kier molecular flexibility index (Phi) is 5.76. The zero-order chi connectivity index (χ0) is 15.2. The van der Waals surface area contributed by atoms with Crippen LogP contribution in [0.4, 0.5) is 5.82 Å². The molecular weight excluding hydrogens is 326 g/mol. The summed E-state index contributed by atoms with van der Waals surface area (Å²) in [4.78, 5) is 6.88. The van der Waals surface area contributed by atoms with Gasteiger partial charge in [0.05, 0.1) is 5.69 Å². The number of rotatable bonds is 6. The third kappa shape index (κ3) is 4.83. The number of anilines is 1. The monoisotopic (exact) mass is 347 g/mol. The van der Waals surface area contributed by atoms with Crippen LogP contribution in [0.15, 0.2) is 46.9 Å². The van der Waals surface area contributed by atoms with Gasteiger partial charge in [0.2, 0.25) is 0 Å². The lowest BCUT2D eigenvalue weighted by atomic mass is 10.2. The van der Waals surface area contributed by atoms with Crippen molar-refractivity contribution in [3.05, 3.63) is 58.2 Å². The summed E-state index contributed by atoms with van der Waals surface area (Å²) in [5, 5.41) is 3.40. The molecule has 0 fully saturated rings. The third-order valence-electron chi connectivity index (χ3n) is 3.24. The molecule has 1 aromatic carbocycles. The van der Waals surface area contributed by atoms with Gasteiger partial charge in [-0.15, -0.1) is 0 Å². The van der Waals surface area contributed by atoms with Crippen LogP contribution in [0.1, 0.15) is 25.1 Å². The van der Waals surface area contributed by atoms with Crippen molar-refractivity contribution >= 4 is 21.7 Å². The lowest BCUT2D eigenvalue weighted by molar-refractivity contribution is 0.581. The standard InChI is InChI=1S/C17H22BrN3/c1-13(2)19-11-15-8-6-10-17(20-15)21(3)12-14-7-4-5-9-16(14)18/h4-10,13,19H,11-12H2,1-3H3. The Bertz CT molecular complexity index is 584. The molecule has 0 saturated heterocycles. The predicted octanol–water partition coefficient (Wildman–Crippen LogP) is 3.98. The zero-order valence-corrected chi connectivity index (χ0v) is 14.4. The van der Waals surface area contributed by atoms with Crippen molar-refractivity contribution in [1.29, 1.82) is 0 Å². The summed E-state index contributed by atoms with van der Waals surface area (Å²) in [6.45, 7) is 5.91. The molecule has 0 unspecified atom stereocenters. The number of nitrogens with zero attached hydrogens (tertiary/aromatic N) is 2. The molecule has 0 bridgehead atoms. The molecule has 1 aromatic heterocycles. The van der Waals surface area contributed by atoms with E-state index in [-0.39, 0.29) is 0 Å². The lowest BCUT2D eigenvalue weighted by Gasteiger charge is -2.20. The normalized spacial score (nSPS) is 10.9. The molecule has 0 spiro atoms. The highest BCUT2D eigenvalue weighted by molar-refractivity contribution is 9.10. The molecule has 3 nitrogen and oxygen atoms in total. The first-order chi connectivity index (χ1) is 10.1. The Morgan fingerprint density at radius 2 is 1.90 bits per heavy atom. The topological polar surface area (TPSA) is 28.2 Å². The fraction of sp³-hybridized carbons (Fsp3) is 0.353. The molecule has 1 N–H and O–H groups in total. The molecule has 2 rings (SSSR count). The molecular formula is C17H22BrN3. The minimum Gasteiger partial charge on any atom is -0.355 e. The van der Waals surface area contributed by atoms with E-state index in [1.54, 1.807) is 0 Å². The van der Waals surface area contributed by atoms with Gasteiger partial charge in [-0.25, -0.2) is 4.98 Å². The molecule has 21 heavy (non-hydrogen) atoms. The maximum atomic E-state index is 4.72. The van der Waals surface area contributed by atoms with Crippen LogP contribution in [0.3, 0.4) is 0 Å². The highest BCUT2D eigenvalue weighted by atomic mass is 79.9. The average Bonchev–Trinajstić information content (AvgIpc) is 2.48. The van der Waals surface area contributed by atoms with Gasteiger partial charge in [0.15, 0.2) is 0 Å². The van der Waals surface area contributed by atoms with E-state index in [2.05, 4.69) is 83.4 Å². The second kappa shape index (κ2) is 7.57. The van der Waals surface area contributed by atoms with Crippen LogP contribution in [-0.4, -0.2) is 18.1 Å². The maximum Gasteiger partial charge on any atom is 0.128 e. The molecule has 0 aliphatic carbocycles. The predicted molar refractivity (Wildman–Crippen MR) is 92.5 cm³/mol. The molecule has 2 aromatic rings.